The molecule has 0 saturated carbocycles. The molecule has 24 heavy (non-hydrogen) atoms. The van der Waals surface area contributed by atoms with Gasteiger partial charge >= 0.3 is 0 Å². The molecule has 0 aromatic carbocycles. The first-order chi connectivity index (χ1) is 11.8. The number of nitriles is 1. The van der Waals surface area contributed by atoms with Gasteiger partial charge in [0, 0.05) is 38.2 Å². The van der Waals surface area contributed by atoms with Crippen molar-refractivity contribution in [3.8, 4) is 6.07 Å². The van der Waals surface area contributed by atoms with E-state index in [0.717, 1.165) is 39.4 Å². The molecule has 124 valence electrons. The zero-order chi connectivity index (χ0) is 16.8. The van der Waals surface area contributed by atoms with Crippen LogP contribution in [0.15, 0.2) is 30.9 Å². The number of nitrogens with zero attached hydrogens (tertiary/aromatic N) is 5. The normalized spacial score (nSPS) is 15.0. The zero-order valence-electron chi connectivity index (χ0n) is 13.2. The Bertz CT molecular complexity index is 745. The van der Waals surface area contributed by atoms with E-state index < -0.39 is 0 Å². The summed E-state index contributed by atoms with van der Waals surface area (Å²) in [4.78, 5) is 18.5. The van der Waals surface area contributed by atoms with Gasteiger partial charge < -0.3 is 10.1 Å². The smallest absolute Gasteiger partial charge is 0.258 e. The van der Waals surface area contributed by atoms with Crippen molar-refractivity contribution in [2.45, 2.75) is 6.54 Å². The summed E-state index contributed by atoms with van der Waals surface area (Å²) in [6.07, 6.45) is 6.25. The third kappa shape index (κ3) is 3.95. The number of hydrogen-bond acceptors (Lipinski definition) is 6. The van der Waals surface area contributed by atoms with Crippen LogP contribution >= 0.6 is 0 Å². The summed E-state index contributed by atoms with van der Waals surface area (Å²) in [6.45, 7) is 5.04. The van der Waals surface area contributed by atoms with Crippen molar-refractivity contribution >= 4 is 11.6 Å². The van der Waals surface area contributed by atoms with Crippen LogP contribution in [0.4, 0.5) is 5.69 Å². The Kier molecular flexibility index (Phi) is 5.15. The number of pyridine rings is 1. The Balaban J connectivity index is 1.57. The van der Waals surface area contributed by atoms with E-state index in [1.165, 1.54) is 18.5 Å². The number of amides is 1. The molecule has 1 saturated heterocycles. The van der Waals surface area contributed by atoms with Crippen molar-refractivity contribution in [3.05, 3.63) is 42.0 Å². The predicted octanol–water partition coefficient (Wildman–Crippen LogP) is 0.734. The molecule has 2 aromatic heterocycles. The topological polar surface area (TPSA) is 96.1 Å². The van der Waals surface area contributed by atoms with E-state index in [0.29, 0.717) is 11.3 Å². The number of carbonyl (C=O) groups excluding carboxylic acids is 1. The molecule has 3 heterocycles. The molecule has 0 unspecified atom stereocenters. The highest BCUT2D eigenvalue weighted by Gasteiger charge is 2.13. The summed E-state index contributed by atoms with van der Waals surface area (Å²) in [7, 11) is 0. The number of nitrogens with one attached hydrogen (secondary N) is 1. The van der Waals surface area contributed by atoms with Crippen molar-refractivity contribution in [2.24, 2.45) is 0 Å². The molecule has 3 rings (SSSR count). The van der Waals surface area contributed by atoms with Crippen molar-refractivity contribution in [1.82, 2.24) is 19.7 Å². The number of morpholine rings is 1. The fraction of sp³-hybridized carbons (Fsp3) is 0.375. The number of carbonyl (C=O) groups is 1. The van der Waals surface area contributed by atoms with E-state index in [9.17, 15) is 4.79 Å². The predicted molar refractivity (Wildman–Crippen MR) is 86.4 cm³/mol. The number of ether oxygens (including phenoxy) is 1. The van der Waals surface area contributed by atoms with Crippen LogP contribution in [0.1, 0.15) is 15.9 Å². The van der Waals surface area contributed by atoms with Crippen LogP contribution in [-0.4, -0.2) is 58.4 Å². The van der Waals surface area contributed by atoms with Crippen molar-refractivity contribution in [3.63, 3.8) is 0 Å². The molecule has 0 radical (unpaired) electrons. The molecular formula is C16H18N6O2. The minimum atomic E-state index is -0.368. The number of aromatic nitrogens is 3. The van der Waals surface area contributed by atoms with Crippen molar-refractivity contribution in [2.75, 3.05) is 38.2 Å². The highest BCUT2D eigenvalue weighted by atomic mass is 16.5. The second-order valence-electron chi connectivity index (χ2n) is 5.43. The second-order valence-corrected chi connectivity index (χ2v) is 5.43. The van der Waals surface area contributed by atoms with E-state index in [4.69, 9.17) is 10.00 Å². The molecule has 0 aliphatic carbocycles. The number of hydrogen-bond donors (Lipinski definition) is 1. The highest BCUT2D eigenvalue weighted by molar-refractivity contribution is 6.05. The maximum Gasteiger partial charge on any atom is 0.258 e. The molecule has 0 bridgehead atoms. The van der Waals surface area contributed by atoms with Crippen molar-refractivity contribution in [1.29, 1.82) is 5.26 Å². The second kappa shape index (κ2) is 7.68. The molecule has 0 spiro atoms. The van der Waals surface area contributed by atoms with E-state index >= 15 is 0 Å². The molecule has 8 nitrogen and oxygen atoms in total. The van der Waals surface area contributed by atoms with E-state index in [-0.39, 0.29) is 11.5 Å². The zero-order valence-corrected chi connectivity index (χ0v) is 13.2. The van der Waals surface area contributed by atoms with Crippen LogP contribution in [0.3, 0.4) is 0 Å². The lowest BCUT2D eigenvalue weighted by Gasteiger charge is -2.26. The summed E-state index contributed by atoms with van der Waals surface area (Å²) in [6, 6.07) is 3.50. The molecule has 0 atom stereocenters. The summed E-state index contributed by atoms with van der Waals surface area (Å²) >= 11 is 0. The van der Waals surface area contributed by atoms with Crippen LogP contribution in [0.25, 0.3) is 0 Å². The average molecular weight is 326 g/mol. The molecule has 2 aromatic rings. The van der Waals surface area contributed by atoms with E-state index in [1.807, 2.05) is 6.07 Å². The summed E-state index contributed by atoms with van der Waals surface area (Å²) in [5, 5.41) is 16.0. The maximum absolute atomic E-state index is 12.2. The van der Waals surface area contributed by atoms with Gasteiger partial charge in [0.1, 0.15) is 6.07 Å². The highest BCUT2D eigenvalue weighted by Crippen LogP contribution is 2.11. The minimum Gasteiger partial charge on any atom is -0.379 e. The van der Waals surface area contributed by atoms with Gasteiger partial charge in [-0.2, -0.15) is 10.4 Å². The molecule has 1 amide bonds. The molecular weight excluding hydrogens is 308 g/mol. The number of rotatable bonds is 5. The van der Waals surface area contributed by atoms with Crippen LogP contribution in [-0.2, 0) is 11.3 Å². The average Bonchev–Trinajstić information content (AvgIpc) is 3.08. The summed E-state index contributed by atoms with van der Waals surface area (Å²) in [5.74, 6) is -0.368. The maximum atomic E-state index is 12.2. The molecule has 1 fully saturated rings. The first-order valence-corrected chi connectivity index (χ1v) is 7.74. The SMILES string of the molecule is N#Cc1ccncc1C(=O)Nc1cnn(CCN2CCOCC2)c1. The standard InChI is InChI=1S/C16H18N6O2/c17-9-13-1-2-18-11-15(13)16(23)20-14-10-19-22(12-14)4-3-21-5-7-24-8-6-21/h1-2,10-12H,3-8H2,(H,20,23). The van der Waals surface area contributed by atoms with Crippen LogP contribution in [0, 0.1) is 11.3 Å². The van der Waals surface area contributed by atoms with Gasteiger partial charge in [-0.25, -0.2) is 0 Å². The third-order valence-electron chi connectivity index (χ3n) is 3.83. The van der Waals surface area contributed by atoms with Gasteiger partial charge in [-0.1, -0.05) is 0 Å². The fourth-order valence-corrected chi connectivity index (χ4v) is 2.49. The fourth-order valence-electron chi connectivity index (χ4n) is 2.49. The van der Waals surface area contributed by atoms with E-state index in [1.54, 1.807) is 17.1 Å². The lowest BCUT2D eigenvalue weighted by atomic mass is 10.1. The first kappa shape index (κ1) is 16.1. The van der Waals surface area contributed by atoms with Gasteiger partial charge in [-0.3, -0.25) is 19.4 Å². The molecule has 1 aliphatic rings. The Morgan fingerprint density at radius 3 is 2.96 bits per heavy atom. The molecule has 1 aliphatic heterocycles. The van der Waals surface area contributed by atoms with Gasteiger partial charge in [0.2, 0.25) is 0 Å². The Morgan fingerprint density at radius 1 is 1.33 bits per heavy atom. The lowest BCUT2D eigenvalue weighted by molar-refractivity contribution is 0.0360. The first-order valence-electron chi connectivity index (χ1n) is 7.74. The van der Waals surface area contributed by atoms with Crippen LogP contribution in [0.5, 0.6) is 0 Å². The summed E-state index contributed by atoms with van der Waals surface area (Å²) < 4.78 is 7.11. The van der Waals surface area contributed by atoms with Gasteiger partial charge in [-0.05, 0) is 6.07 Å². The van der Waals surface area contributed by atoms with Crippen LogP contribution < -0.4 is 5.32 Å². The van der Waals surface area contributed by atoms with Gasteiger partial charge in [-0.15, -0.1) is 0 Å². The monoisotopic (exact) mass is 326 g/mol. The molecule has 1 N–H and O–H groups in total. The Hall–Kier alpha value is -2.76. The quantitative estimate of drug-likeness (QED) is 0.870. The van der Waals surface area contributed by atoms with Gasteiger partial charge in [0.15, 0.2) is 0 Å². The van der Waals surface area contributed by atoms with Gasteiger partial charge in [0.05, 0.1) is 42.8 Å². The van der Waals surface area contributed by atoms with Gasteiger partial charge in [0.25, 0.3) is 5.91 Å². The van der Waals surface area contributed by atoms with Crippen molar-refractivity contribution < 1.29 is 9.53 Å². The lowest BCUT2D eigenvalue weighted by Crippen LogP contribution is -2.38. The van der Waals surface area contributed by atoms with Crippen LogP contribution in [0.2, 0.25) is 0 Å². The largest absolute Gasteiger partial charge is 0.379 e. The Morgan fingerprint density at radius 2 is 2.17 bits per heavy atom. The molecule has 8 heteroatoms. The van der Waals surface area contributed by atoms with E-state index in [2.05, 4.69) is 20.3 Å². The third-order valence-corrected chi connectivity index (χ3v) is 3.83. The number of anilines is 1. The minimum absolute atomic E-state index is 0.251. The Labute approximate surface area is 139 Å². The summed E-state index contributed by atoms with van der Waals surface area (Å²) in [5.41, 5.74) is 1.14.